The number of hydrogen-bond donors (Lipinski definition) is 0. The van der Waals surface area contributed by atoms with Crippen molar-refractivity contribution in [3.05, 3.63) is 83.5 Å². The lowest BCUT2D eigenvalue weighted by atomic mass is 9.61. The van der Waals surface area contributed by atoms with Gasteiger partial charge in [0.15, 0.2) is 0 Å². The highest BCUT2D eigenvalue weighted by atomic mass is 32.2. The van der Waals surface area contributed by atoms with Crippen LogP contribution in [0.2, 0.25) is 0 Å². The second-order valence-electron chi connectivity index (χ2n) is 12.5. The molecule has 4 nitrogen and oxygen atoms in total. The van der Waals surface area contributed by atoms with E-state index in [1.165, 1.54) is 36.8 Å². The van der Waals surface area contributed by atoms with E-state index in [0.717, 1.165) is 56.9 Å². The van der Waals surface area contributed by atoms with Crippen molar-refractivity contribution < 1.29 is 13.2 Å². The van der Waals surface area contributed by atoms with Crippen LogP contribution in [0.25, 0.3) is 0 Å². The molecule has 0 aliphatic heterocycles. The minimum absolute atomic E-state index is 0.0506. The van der Waals surface area contributed by atoms with Gasteiger partial charge in [0.2, 0.25) is 0 Å². The Morgan fingerprint density at radius 2 is 1.68 bits per heavy atom. The van der Waals surface area contributed by atoms with Gasteiger partial charge in [-0.15, -0.1) is 0 Å². The number of carbonyl (C=O) groups excluding carboxylic acids is 1. The van der Waals surface area contributed by atoms with Gasteiger partial charge in [-0.05, 0) is 88.1 Å². The number of ketones is 1. The molecule has 5 heteroatoms. The van der Waals surface area contributed by atoms with Crippen molar-refractivity contribution in [1.29, 1.82) is 0 Å². The van der Waals surface area contributed by atoms with Gasteiger partial charge in [0.1, 0.15) is 5.78 Å². The molecule has 0 radical (unpaired) electrons. The Bertz CT molecular complexity index is 1360. The molecule has 5 rings (SSSR count). The van der Waals surface area contributed by atoms with Crippen LogP contribution < -0.4 is 4.31 Å². The zero-order valence-electron chi connectivity index (χ0n) is 24.3. The van der Waals surface area contributed by atoms with Gasteiger partial charge in [-0.1, -0.05) is 86.2 Å². The number of unbranched alkanes of at least 4 members (excludes halogenated alkanes) is 4. The molecule has 3 aliphatic carbocycles. The number of benzene rings is 2. The molecular formula is C35H45NO3S. The topological polar surface area (TPSA) is 54.5 Å². The number of rotatable bonds is 13. The van der Waals surface area contributed by atoms with Crippen LogP contribution in [0.5, 0.6) is 0 Å². The van der Waals surface area contributed by atoms with Gasteiger partial charge in [-0.3, -0.25) is 9.10 Å². The number of carbonyl (C=O) groups is 1. The van der Waals surface area contributed by atoms with E-state index in [2.05, 4.69) is 19.1 Å². The molecule has 2 aromatic carbocycles. The summed E-state index contributed by atoms with van der Waals surface area (Å²) >= 11 is 0. The van der Waals surface area contributed by atoms with Gasteiger partial charge < -0.3 is 0 Å². The number of allylic oxidation sites excluding steroid dienone is 4. The lowest BCUT2D eigenvalue weighted by molar-refractivity contribution is -0.126. The first-order valence-electron chi connectivity index (χ1n) is 15.4. The largest absolute Gasteiger partial charge is 0.299 e. The smallest absolute Gasteiger partial charge is 0.264 e. The summed E-state index contributed by atoms with van der Waals surface area (Å²) in [6, 6.07) is 16.5. The Morgan fingerprint density at radius 1 is 0.900 bits per heavy atom. The fraction of sp³-hybridized carbons (Fsp3) is 0.514. The normalized spacial score (nSPS) is 23.9. The second-order valence-corrected chi connectivity index (χ2v) is 14.3. The van der Waals surface area contributed by atoms with E-state index in [0.29, 0.717) is 29.3 Å². The van der Waals surface area contributed by atoms with E-state index in [1.54, 1.807) is 16.4 Å². The molecule has 0 saturated heterocycles. The number of Topliss-reactive ketones (excluding diaryl/α,β-unsaturated/α-hetero) is 1. The highest BCUT2D eigenvalue weighted by Gasteiger charge is 2.58. The fourth-order valence-electron chi connectivity index (χ4n) is 7.54. The van der Waals surface area contributed by atoms with E-state index >= 15 is 0 Å². The highest BCUT2D eigenvalue weighted by molar-refractivity contribution is 7.92. The van der Waals surface area contributed by atoms with E-state index < -0.39 is 10.0 Å². The number of anilines is 1. The van der Waals surface area contributed by atoms with Crippen molar-refractivity contribution in [1.82, 2.24) is 0 Å². The summed E-state index contributed by atoms with van der Waals surface area (Å²) in [5.41, 5.74) is 4.54. The molecule has 2 aromatic rings. The van der Waals surface area contributed by atoms with Crippen LogP contribution in [0.1, 0.15) is 96.0 Å². The Morgan fingerprint density at radius 3 is 2.42 bits per heavy atom. The molecule has 0 unspecified atom stereocenters. The van der Waals surface area contributed by atoms with Gasteiger partial charge in [-0.2, -0.15) is 0 Å². The number of aryl methyl sites for hydroxylation is 1. The first-order chi connectivity index (χ1) is 19.3. The van der Waals surface area contributed by atoms with Gasteiger partial charge >= 0.3 is 0 Å². The minimum Gasteiger partial charge on any atom is -0.299 e. The predicted molar refractivity (Wildman–Crippen MR) is 164 cm³/mol. The summed E-state index contributed by atoms with van der Waals surface area (Å²) in [5, 5.41) is 0. The fourth-order valence-corrected chi connectivity index (χ4v) is 9.05. The van der Waals surface area contributed by atoms with Crippen LogP contribution in [0.3, 0.4) is 0 Å². The molecule has 0 N–H and O–H groups in total. The van der Waals surface area contributed by atoms with Gasteiger partial charge in [0.25, 0.3) is 10.0 Å². The van der Waals surface area contributed by atoms with Crippen molar-refractivity contribution in [2.75, 3.05) is 10.8 Å². The molecule has 2 bridgehead atoms. The second kappa shape index (κ2) is 12.1. The SMILES string of the molecule is CCCCCCC1=C2C=CCC[C@]23CC(=O)[C@](CCCCN(c2ccccc2)S(=O)(=O)c2ccc(C)cc2)(C1)C3. The van der Waals surface area contributed by atoms with Crippen molar-refractivity contribution in [3.8, 4) is 0 Å². The standard InChI is InChI=1S/C35H45NO3S/c1-3-4-5-7-14-29-25-35(27-34(26-33(35)37)22-11-10-17-32(29)34)23-12-13-24-36(30-15-8-6-9-16-30)40(38,39)31-20-18-28(2)19-21-31/h6,8-10,15-21H,3-5,7,11-14,22-27H2,1-2H3/t34-,35-/m1/s1. The summed E-state index contributed by atoms with van der Waals surface area (Å²) in [5.74, 6) is 0.455. The highest BCUT2D eigenvalue weighted by Crippen LogP contribution is 2.64. The first-order valence-corrected chi connectivity index (χ1v) is 16.8. The zero-order chi connectivity index (χ0) is 28.2. The molecular weight excluding hydrogens is 514 g/mol. The third-order valence-electron chi connectivity index (χ3n) is 9.60. The quantitative estimate of drug-likeness (QED) is 0.231. The maximum absolute atomic E-state index is 13.7. The Kier molecular flexibility index (Phi) is 8.70. The molecule has 1 saturated carbocycles. The van der Waals surface area contributed by atoms with Gasteiger partial charge in [0.05, 0.1) is 10.6 Å². The summed E-state index contributed by atoms with van der Waals surface area (Å²) in [6.07, 6.45) is 18.0. The molecule has 2 atom stereocenters. The van der Waals surface area contributed by atoms with Gasteiger partial charge in [-0.25, -0.2) is 8.42 Å². The van der Waals surface area contributed by atoms with E-state index in [-0.39, 0.29) is 10.8 Å². The average Bonchev–Trinajstić information content (AvgIpc) is 3.16. The number of fused-ring (bicyclic) bond motifs is 1. The third kappa shape index (κ3) is 5.72. The molecule has 214 valence electrons. The number of para-hydroxylation sites is 1. The van der Waals surface area contributed by atoms with Crippen LogP contribution >= 0.6 is 0 Å². The Balaban J connectivity index is 1.31. The van der Waals surface area contributed by atoms with Crippen LogP contribution in [0.15, 0.2) is 82.8 Å². The molecule has 0 aromatic heterocycles. The Labute approximate surface area is 241 Å². The lowest BCUT2D eigenvalue weighted by Crippen LogP contribution is -2.34. The summed E-state index contributed by atoms with van der Waals surface area (Å²) in [6.45, 7) is 4.62. The maximum atomic E-state index is 13.7. The van der Waals surface area contributed by atoms with Crippen LogP contribution in [-0.4, -0.2) is 20.7 Å². The van der Waals surface area contributed by atoms with E-state index in [9.17, 15) is 13.2 Å². The van der Waals surface area contributed by atoms with Gasteiger partial charge in [0, 0.05) is 23.8 Å². The van der Waals surface area contributed by atoms with E-state index in [4.69, 9.17) is 0 Å². The van der Waals surface area contributed by atoms with Crippen LogP contribution in [-0.2, 0) is 14.8 Å². The van der Waals surface area contributed by atoms with Crippen molar-refractivity contribution in [2.24, 2.45) is 10.8 Å². The predicted octanol–water partition coefficient (Wildman–Crippen LogP) is 8.72. The number of sulfonamides is 1. The molecule has 1 fully saturated rings. The molecule has 40 heavy (non-hydrogen) atoms. The maximum Gasteiger partial charge on any atom is 0.264 e. The number of nitrogens with zero attached hydrogens (tertiary/aromatic N) is 1. The lowest BCUT2D eigenvalue weighted by Gasteiger charge is -2.43. The number of hydrogen-bond acceptors (Lipinski definition) is 3. The van der Waals surface area contributed by atoms with E-state index in [1.807, 2.05) is 49.4 Å². The monoisotopic (exact) mass is 559 g/mol. The first kappa shape index (κ1) is 28.9. The Hall–Kier alpha value is -2.66. The van der Waals surface area contributed by atoms with Crippen LogP contribution in [0.4, 0.5) is 5.69 Å². The molecule has 0 amide bonds. The minimum atomic E-state index is -3.69. The summed E-state index contributed by atoms with van der Waals surface area (Å²) < 4.78 is 29.0. The zero-order valence-corrected chi connectivity index (χ0v) is 25.1. The summed E-state index contributed by atoms with van der Waals surface area (Å²) in [4.78, 5) is 14.0. The summed E-state index contributed by atoms with van der Waals surface area (Å²) in [7, 11) is -3.69. The van der Waals surface area contributed by atoms with Crippen molar-refractivity contribution >= 4 is 21.5 Å². The molecule has 0 heterocycles. The van der Waals surface area contributed by atoms with Crippen molar-refractivity contribution in [2.45, 2.75) is 102 Å². The third-order valence-corrected chi connectivity index (χ3v) is 11.4. The van der Waals surface area contributed by atoms with Crippen molar-refractivity contribution in [3.63, 3.8) is 0 Å². The van der Waals surface area contributed by atoms with Crippen LogP contribution in [0, 0.1) is 17.8 Å². The molecule has 1 spiro atoms. The molecule has 3 aliphatic rings. The average molecular weight is 560 g/mol.